The Kier molecular flexibility index (Phi) is 8.49. The highest BCUT2D eigenvalue weighted by Crippen LogP contribution is 2.31. The van der Waals surface area contributed by atoms with Gasteiger partial charge in [0.1, 0.15) is 22.5 Å². The summed E-state index contributed by atoms with van der Waals surface area (Å²) in [5, 5.41) is 2.94. The van der Waals surface area contributed by atoms with Crippen molar-refractivity contribution < 1.29 is 23.5 Å². The molecule has 0 aliphatic carbocycles. The Labute approximate surface area is 218 Å². The van der Waals surface area contributed by atoms with E-state index in [4.69, 9.17) is 16.2 Å². The molecule has 9 nitrogen and oxygen atoms in total. The van der Waals surface area contributed by atoms with Gasteiger partial charge < -0.3 is 26.4 Å². The highest BCUT2D eigenvalue weighted by atomic mass is 32.1. The first kappa shape index (κ1) is 27.6. The summed E-state index contributed by atoms with van der Waals surface area (Å²) in [6, 6.07) is 11.3. The summed E-state index contributed by atoms with van der Waals surface area (Å²) in [6.07, 6.45) is 0. The summed E-state index contributed by atoms with van der Waals surface area (Å²) in [5.74, 6) is -1.77. The molecule has 0 unspecified atom stereocenters. The van der Waals surface area contributed by atoms with E-state index in [1.165, 1.54) is 29.2 Å². The Morgan fingerprint density at radius 3 is 2.24 bits per heavy atom. The number of primary amides is 1. The summed E-state index contributed by atoms with van der Waals surface area (Å²) in [7, 11) is 0. The normalized spacial score (nSPS) is 12.0. The fourth-order valence-electron chi connectivity index (χ4n) is 3.65. The van der Waals surface area contributed by atoms with Crippen molar-refractivity contribution >= 4 is 34.9 Å². The molecule has 0 spiro atoms. The number of aromatic nitrogens is 1. The maximum absolute atomic E-state index is 13.9. The molecule has 11 heteroatoms. The number of nitrogen functional groups attached to an aromatic ring is 1. The molecule has 37 heavy (non-hydrogen) atoms. The second-order valence-electron chi connectivity index (χ2n) is 9.34. The number of carbonyl (C=O) groups excluding carboxylic acids is 3. The van der Waals surface area contributed by atoms with Crippen molar-refractivity contribution in [3.8, 4) is 5.75 Å². The molecule has 0 bridgehead atoms. The van der Waals surface area contributed by atoms with Crippen LogP contribution in [0.1, 0.15) is 65.0 Å². The van der Waals surface area contributed by atoms with Crippen LogP contribution >= 0.6 is 11.5 Å². The molecule has 5 N–H and O–H groups in total. The average Bonchev–Trinajstić information content (AvgIpc) is 3.21. The molecule has 0 fully saturated rings. The lowest BCUT2D eigenvalue weighted by molar-refractivity contribution is -0.127. The van der Waals surface area contributed by atoms with Crippen molar-refractivity contribution in [2.24, 2.45) is 5.73 Å². The van der Waals surface area contributed by atoms with Crippen molar-refractivity contribution in [3.63, 3.8) is 0 Å². The van der Waals surface area contributed by atoms with E-state index in [2.05, 4.69) is 9.69 Å². The van der Waals surface area contributed by atoms with E-state index in [1.54, 1.807) is 24.3 Å². The minimum atomic E-state index is -1.11. The predicted octanol–water partition coefficient (Wildman–Crippen LogP) is 3.66. The first-order valence-electron chi connectivity index (χ1n) is 11.6. The Morgan fingerprint density at radius 2 is 1.73 bits per heavy atom. The number of hydrogen-bond donors (Lipinski definition) is 3. The van der Waals surface area contributed by atoms with Crippen LogP contribution in [0, 0.1) is 5.82 Å². The second kappa shape index (κ2) is 11.4. The van der Waals surface area contributed by atoms with E-state index in [0.29, 0.717) is 23.5 Å². The molecule has 1 aromatic heterocycles. The van der Waals surface area contributed by atoms with E-state index in [9.17, 15) is 18.8 Å². The maximum atomic E-state index is 13.9. The summed E-state index contributed by atoms with van der Waals surface area (Å²) in [6.45, 7) is 7.75. The number of amides is 3. The van der Waals surface area contributed by atoms with Crippen LogP contribution < -0.4 is 21.5 Å². The van der Waals surface area contributed by atoms with Crippen molar-refractivity contribution in [1.82, 2.24) is 14.6 Å². The number of carbonyl (C=O) groups is 3. The lowest BCUT2D eigenvalue weighted by atomic mass is 10.00. The van der Waals surface area contributed by atoms with Gasteiger partial charge >= 0.3 is 0 Å². The molecule has 0 aliphatic heterocycles. The zero-order valence-corrected chi connectivity index (χ0v) is 21.9. The third-order valence-corrected chi connectivity index (χ3v) is 6.10. The van der Waals surface area contributed by atoms with Crippen LogP contribution in [0.5, 0.6) is 5.75 Å². The molecule has 3 rings (SSSR count). The second-order valence-corrected chi connectivity index (χ2v) is 10.1. The van der Waals surface area contributed by atoms with E-state index < -0.39 is 35.1 Å². The summed E-state index contributed by atoms with van der Waals surface area (Å²) in [5.41, 5.74) is 11.5. The van der Waals surface area contributed by atoms with E-state index >= 15 is 0 Å². The van der Waals surface area contributed by atoms with Gasteiger partial charge in [-0.15, -0.1) is 0 Å². The van der Waals surface area contributed by atoms with Crippen molar-refractivity contribution in [2.45, 2.75) is 45.8 Å². The van der Waals surface area contributed by atoms with Crippen molar-refractivity contribution in [1.29, 1.82) is 0 Å². The first-order valence-corrected chi connectivity index (χ1v) is 12.3. The molecule has 1 atom stereocenters. The molecule has 0 saturated heterocycles. The number of hydrogen-bond acceptors (Lipinski definition) is 7. The van der Waals surface area contributed by atoms with E-state index in [0.717, 1.165) is 11.5 Å². The largest absolute Gasteiger partial charge is 0.494 e. The number of ether oxygens (including phenoxy) is 1. The molecule has 196 valence electrons. The van der Waals surface area contributed by atoms with Gasteiger partial charge in [-0.1, -0.05) is 24.3 Å². The summed E-state index contributed by atoms with van der Waals surface area (Å²) < 4.78 is 23.1. The van der Waals surface area contributed by atoms with Crippen LogP contribution in [0.3, 0.4) is 0 Å². The molecule has 2 aromatic carbocycles. The topological polar surface area (TPSA) is 141 Å². The van der Waals surface area contributed by atoms with Crippen LogP contribution in [-0.2, 0) is 11.3 Å². The Morgan fingerprint density at radius 1 is 1.11 bits per heavy atom. The fraction of sp³-hybridized carbons (Fsp3) is 0.308. The van der Waals surface area contributed by atoms with Gasteiger partial charge in [-0.3, -0.25) is 14.4 Å². The highest BCUT2D eigenvalue weighted by Gasteiger charge is 2.36. The van der Waals surface area contributed by atoms with Gasteiger partial charge in [0.2, 0.25) is 5.91 Å². The minimum Gasteiger partial charge on any atom is -0.494 e. The molecule has 3 amide bonds. The van der Waals surface area contributed by atoms with Gasteiger partial charge in [-0.25, -0.2) is 4.39 Å². The monoisotopic (exact) mass is 527 g/mol. The third kappa shape index (κ3) is 6.82. The number of nitrogens with two attached hydrogens (primary N) is 2. The molecule has 0 aliphatic rings. The SMILES string of the molecule is CCOc1ccc([C@@H](C(=O)NC(C)(C)C)N(Cc2ccc(F)cc2)C(=O)c2snc(C(N)=O)c2N)cc1. The molecule has 0 saturated carbocycles. The van der Waals surface area contributed by atoms with Crippen LogP contribution in [0.25, 0.3) is 0 Å². The van der Waals surface area contributed by atoms with Crippen LogP contribution in [0.4, 0.5) is 10.1 Å². The van der Waals surface area contributed by atoms with E-state index in [1.807, 2.05) is 27.7 Å². The van der Waals surface area contributed by atoms with Crippen molar-refractivity contribution in [2.75, 3.05) is 12.3 Å². The third-order valence-electron chi connectivity index (χ3n) is 5.25. The van der Waals surface area contributed by atoms with Gasteiger partial charge in [-0.2, -0.15) is 4.37 Å². The van der Waals surface area contributed by atoms with E-state index in [-0.39, 0.29) is 22.8 Å². The Balaban J connectivity index is 2.15. The minimum absolute atomic E-state index is 0.0320. The first-order chi connectivity index (χ1) is 17.4. The molecular formula is C26H30FN5O4S. The fourth-order valence-corrected chi connectivity index (χ4v) is 4.41. The number of anilines is 1. The Bertz CT molecular complexity index is 1270. The van der Waals surface area contributed by atoms with Gasteiger partial charge in [-0.05, 0) is 74.6 Å². The molecular weight excluding hydrogens is 497 g/mol. The quantitative estimate of drug-likeness (QED) is 0.388. The number of benzene rings is 2. The number of nitrogens with one attached hydrogen (secondary N) is 1. The summed E-state index contributed by atoms with van der Waals surface area (Å²) in [4.78, 5) is 40.6. The van der Waals surface area contributed by atoms with Crippen LogP contribution in [0.2, 0.25) is 0 Å². The highest BCUT2D eigenvalue weighted by molar-refractivity contribution is 7.09. The Hall–Kier alpha value is -3.99. The van der Waals surface area contributed by atoms with Gasteiger partial charge in [0.15, 0.2) is 5.69 Å². The zero-order chi connectivity index (χ0) is 27.3. The lowest BCUT2D eigenvalue weighted by Crippen LogP contribution is -2.49. The predicted molar refractivity (Wildman–Crippen MR) is 140 cm³/mol. The summed E-state index contributed by atoms with van der Waals surface area (Å²) >= 11 is 0.722. The zero-order valence-electron chi connectivity index (χ0n) is 21.1. The standard InChI is InChI=1S/C26H30FN5O4S/c1-5-36-18-12-8-16(9-13-18)21(24(34)30-26(2,3)4)32(14-15-6-10-17(27)11-7-15)25(35)22-19(28)20(23(29)33)31-37-22/h6-13,21H,5,14,28H2,1-4H3,(H2,29,33)(H,30,34)/t21-/m0/s1. The van der Waals surface area contributed by atoms with Gasteiger partial charge in [0.05, 0.1) is 12.3 Å². The molecule has 0 radical (unpaired) electrons. The molecule has 1 heterocycles. The number of nitrogens with zero attached hydrogens (tertiary/aromatic N) is 2. The lowest BCUT2D eigenvalue weighted by Gasteiger charge is -2.33. The smallest absolute Gasteiger partial charge is 0.270 e. The number of halogens is 1. The van der Waals surface area contributed by atoms with Crippen molar-refractivity contribution in [3.05, 3.63) is 76.0 Å². The molecule has 3 aromatic rings. The maximum Gasteiger partial charge on any atom is 0.270 e. The number of rotatable bonds is 9. The average molecular weight is 528 g/mol. The van der Waals surface area contributed by atoms with Crippen LogP contribution in [0.15, 0.2) is 48.5 Å². The van der Waals surface area contributed by atoms with Gasteiger partial charge in [0, 0.05) is 12.1 Å². The van der Waals surface area contributed by atoms with Crippen LogP contribution in [-0.4, -0.2) is 39.1 Å². The van der Waals surface area contributed by atoms with Gasteiger partial charge in [0.25, 0.3) is 11.8 Å².